The van der Waals surface area contributed by atoms with Crippen LogP contribution in [0, 0.1) is 0 Å². The molecule has 10 heteroatoms. The highest BCUT2D eigenvalue weighted by Crippen LogP contribution is 2.28. The number of carbonyl (C=O) groups is 1. The number of fused-ring (bicyclic) bond motifs is 1. The van der Waals surface area contributed by atoms with Crippen LogP contribution in [0.3, 0.4) is 0 Å². The predicted octanol–water partition coefficient (Wildman–Crippen LogP) is 0.437. The maximum Gasteiger partial charge on any atom is 0.335 e. The summed E-state index contributed by atoms with van der Waals surface area (Å²) in [5.41, 5.74) is 0.677. The number of aliphatic hydroxyl groups is 3. The Bertz CT molecular complexity index is 1170. The molecule has 0 aliphatic carbocycles. The number of rotatable bonds is 4. The lowest BCUT2D eigenvalue weighted by Crippen LogP contribution is -2.61. The lowest BCUT2D eigenvalue weighted by atomic mass is 9.99. The van der Waals surface area contributed by atoms with Gasteiger partial charge in [0.25, 0.3) is 0 Å². The standard InChI is InChI=1S/C21H18O10/c22-10-3-1-9(2-4-10)13-8-29-14-7-11(5-6-12(14)15(13)23)30-21-18(26)16(24)17(25)19(31-21)20(27)28/h1-8,16-19,21-22,24-26H,(H,27,28)/t16-,17-,18+,19-,21+/m0/s1. The minimum atomic E-state index is -1.83. The highest BCUT2D eigenvalue weighted by molar-refractivity contribution is 5.82. The molecule has 0 unspecified atom stereocenters. The lowest BCUT2D eigenvalue weighted by Gasteiger charge is -2.38. The summed E-state index contributed by atoms with van der Waals surface area (Å²) in [4.78, 5) is 24.0. The number of benzene rings is 2. The molecule has 31 heavy (non-hydrogen) atoms. The van der Waals surface area contributed by atoms with E-state index in [4.69, 9.17) is 19.0 Å². The van der Waals surface area contributed by atoms with Gasteiger partial charge in [-0.1, -0.05) is 12.1 Å². The number of hydrogen-bond acceptors (Lipinski definition) is 9. The molecule has 162 valence electrons. The second-order valence-corrected chi connectivity index (χ2v) is 7.04. The van der Waals surface area contributed by atoms with E-state index in [1.54, 1.807) is 12.1 Å². The summed E-state index contributed by atoms with van der Waals surface area (Å²) < 4.78 is 16.1. The normalized spacial score (nSPS) is 26.0. The van der Waals surface area contributed by atoms with Crippen LogP contribution in [0.4, 0.5) is 0 Å². The molecular weight excluding hydrogens is 412 g/mol. The Kier molecular flexibility index (Phi) is 5.38. The third-order valence-corrected chi connectivity index (χ3v) is 4.99. The van der Waals surface area contributed by atoms with Crippen LogP contribution in [0.5, 0.6) is 11.5 Å². The number of aliphatic hydroxyl groups excluding tert-OH is 3. The van der Waals surface area contributed by atoms with E-state index in [1.165, 1.54) is 36.6 Å². The minimum absolute atomic E-state index is 0.0608. The van der Waals surface area contributed by atoms with Crippen LogP contribution in [0.1, 0.15) is 0 Å². The number of aliphatic carboxylic acids is 1. The van der Waals surface area contributed by atoms with Gasteiger partial charge in [0.1, 0.15) is 41.7 Å². The third kappa shape index (κ3) is 3.84. The lowest BCUT2D eigenvalue weighted by molar-refractivity contribution is -0.271. The SMILES string of the molecule is O=C(O)[C@H]1O[C@@H](Oc2ccc3c(=O)c(-c4ccc(O)cc4)coc3c2)[C@H](O)[C@@H](O)[C@@H]1O. The van der Waals surface area contributed by atoms with Crippen LogP contribution in [-0.2, 0) is 9.53 Å². The second-order valence-electron chi connectivity index (χ2n) is 7.04. The molecule has 0 bridgehead atoms. The number of hydrogen-bond donors (Lipinski definition) is 5. The Balaban J connectivity index is 1.62. The van der Waals surface area contributed by atoms with Gasteiger partial charge in [-0.05, 0) is 29.8 Å². The molecule has 1 fully saturated rings. The molecule has 5 N–H and O–H groups in total. The molecule has 0 saturated carbocycles. The van der Waals surface area contributed by atoms with Crippen LogP contribution in [-0.4, -0.2) is 62.2 Å². The third-order valence-electron chi connectivity index (χ3n) is 4.99. The van der Waals surface area contributed by atoms with E-state index in [-0.39, 0.29) is 33.5 Å². The first-order valence-corrected chi connectivity index (χ1v) is 9.20. The molecule has 4 rings (SSSR count). The number of carboxylic acids is 1. The summed E-state index contributed by atoms with van der Waals surface area (Å²) in [5, 5.41) is 48.4. The Morgan fingerprint density at radius 3 is 2.35 bits per heavy atom. The fraction of sp³-hybridized carbons (Fsp3) is 0.238. The van der Waals surface area contributed by atoms with Crippen LogP contribution in [0.25, 0.3) is 22.1 Å². The van der Waals surface area contributed by atoms with Crippen molar-refractivity contribution in [2.75, 3.05) is 0 Å². The molecule has 0 spiro atoms. The largest absolute Gasteiger partial charge is 0.508 e. The summed E-state index contributed by atoms with van der Waals surface area (Å²) in [6, 6.07) is 10.2. The summed E-state index contributed by atoms with van der Waals surface area (Å²) in [5.74, 6) is -1.39. The molecule has 10 nitrogen and oxygen atoms in total. The van der Waals surface area contributed by atoms with Crippen molar-refractivity contribution in [1.82, 2.24) is 0 Å². The molecule has 2 aromatic carbocycles. The number of phenolic OH excluding ortho intramolecular Hbond substituents is 1. The second kappa shape index (κ2) is 8.00. The monoisotopic (exact) mass is 430 g/mol. The molecule has 5 atom stereocenters. The van der Waals surface area contributed by atoms with Gasteiger partial charge < -0.3 is 39.4 Å². The van der Waals surface area contributed by atoms with E-state index in [1.807, 2.05) is 0 Å². The zero-order chi connectivity index (χ0) is 22.3. The van der Waals surface area contributed by atoms with Gasteiger partial charge in [-0.15, -0.1) is 0 Å². The average Bonchev–Trinajstić information content (AvgIpc) is 2.75. The van der Waals surface area contributed by atoms with Gasteiger partial charge in [-0.3, -0.25) is 4.79 Å². The summed E-state index contributed by atoms with van der Waals surface area (Å²) >= 11 is 0. The quantitative estimate of drug-likeness (QED) is 0.392. The van der Waals surface area contributed by atoms with E-state index >= 15 is 0 Å². The smallest absolute Gasteiger partial charge is 0.335 e. The van der Waals surface area contributed by atoms with E-state index < -0.39 is 36.7 Å². The van der Waals surface area contributed by atoms with E-state index in [0.717, 1.165) is 0 Å². The van der Waals surface area contributed by atoms with Crippen LogP contribution >= 0.6 is 0 Å². The molecule has 0 amide bonds. The molecule has 2 heterocycles. The number of aromatic hydroxyl groups is 1. The summed E-state index contributed by atoms with van der Waals surface area (Å²) in [7, 11) is 0. The molecule has 1 aliphatic rings. The van der Waals surface area contributed by atoms with Gasteiger partial charge >= 0.3 is 5.97 Å². The van der Waals surface area contributed by atoms with E-state index in [0.29, 0.717) is 5.56 Å². The number of ether oxygens (including phenoxy) is 2. The van der Waals surface area contributed by atoms with Gasteiger partial charge in [0.05, 0.1) is 10.9 Å². The highest BCUT2D eigenvalue weighted by atomic mass is 16.7. The van der Waals surface area contributed by atoms with Crippen LogP contribution < -0.4 is 10.2 Å². The van der Waals surface area contributed by atoms with Gasteiger partial charge in [0.15, 0.2) is 11.5 Å². The van der Waals surface area contributed by atoms with Crippen molar-refractivity contribution < 1.29 is 44.2 Å². The Morgan fingerprint density at radius 2 is 1.68 bits per heavy atom. The van der Waals surface area contributed by atoms with E-state index in [2.05, 4.69) is 0 Å². The first-order valence-electron chi connectivity index (χ1n) is 9.20. The van der Waals surface area contributed by atoms with Crippen molar-refractivity contribution in [1.29, 1.82) is 0 Å². The van der Waals surface area contributed by atoms with Gasteiger partial charge in [-0.25, -0.2) is 4.79 Å². The first kappa shape index (κ1) is 20.8. The fourth-order valence-corrected chi connectivity index (χ4v) is 3.31. The van der Waals surface area contributed by atoms with Crippen molar-refractivity contribution in [3.63, 3.8) is 0 Å². The van der Waals surface area contributed by atoms with Gasteiger partial charge in [0, 0.05) is 6.07 Å². The average molecular weight is 430 g/mol. The highest BCUT2D eigenvalue weighted by Gasteiger charge is 2.48. The summed E-state index contributed by atoms with van der Waals surface area (Å²) in [6.45, 7) is 0. The number of carboxylic acid groups (broad SMARTS) is 1. The predicted molar refractivity (Wildman–Crippen MR) is 105 cm³/mol. The molecular formula is C21H18O10. The maximum atomic E-state index is 12.8. The molecule has 0 radical (unpaired) electrons. The summed E-state index contributed by atoms with van der Waals surface area (Å²) in [6.07, 6.45) is -7.47. The van der Waals surface area contributed by atoms with Crippen molar-refractivity contribution in [3.05, 3.63) is 59.0 Å². The zero-order valence-corrected chi connectivity index (χ0v) is 15.8. The zero-order valence-electron chi connectivity index (χ0n) is 15.8. The molecule has 1 aliphatic heterocycles. The van der Waals surface area contributed by atoms with Crippen molar-refractivity contribution in [2.24, 2.45) is 0 Å². The van der Waals surface area contributed by atoms with Crippen LogP contribution in [0.15, 0.2) is 57.9 Å². The fourth-order valence-electron chi connectivity index (χ4n) is 3.31. The van der Waals surface area contributed by atoms with Crippen LogP contribution in [0.2, 0.25) is 0 Å². The van der Waals surface area contributed by atoms with E-state index in [9.17, 15) is 30.0 Å². The molecule has 1 aromatic heterocycles. The van der Waals surface area contributed by atoms with Gasteiger partial charge in [0.2, 0.25) is 6.29 Å². The Morgan fingerprint density at radius 1 is 0.968 bits per heavy atom. The molecule has 3 aromatic rings. The topological polar surface area (TPSA) is 167 Å². The minimum Gasteiger partial charge on any atom is -0.508 e. The Labute approximate surface area is 174 Å². The first-order chi connectivity index (χ1) is 14.8. The number of phenols is 1. The molecule has 1 saturated heterocycles. The Hall–Kier alpha value is -3.44. The van der Waals surface area contributed by atoms with Crippen molar-refractivity contribution in [3.8, 4) is 22.6 Å². The van der Waals surface area contributed by atoms with Gasteiger partial charge in [-0.2, -0.15) is 0 Å². The maximum absolute atomic E-state index is 12.8. The van der Waals surface area contributed by atoms with Crippen molar-refractivity contribution in [2.45, 2.75) is 30.7 Å². The van der Waals surface area contributed by atoms with Crippen molar-refractivity contribution >= 4 is 16.9 Å².